The summed E-state index contributed by atoms with van der Waals surface area (Å²) in [6.45, 7) is 0.295. The number of benzene rings is 2. The molecule has 1 amide bonds. The van der Waals surface area contributed by atoms with Crippen LogP contribution < -0.4 is 4.74 Å². The number of nitrogens with zero attached hydrogens (tertiary/aromatic N) is 1. The number of para-hydroxylation sites is 1. The Kier molecular flexibility index (Phi) is 4.42. The lowest BCUT2D eigenvalue weighted by Gasteiger charge is -2.19. The Morgan fingerprint density at radius 1 is 1.29 bits per heavy atom. The number of amides is 1. The topological polar surface area (TPSA) is 49.8 Å². The molecule has 0 aromatic heterocycles. The van der Waals surface area contributed by atoms with Gasteiger partial charge < -0.3 is 14.7 Å². The highest BCUT2D eigenvalue weighted by molar-refractivity contribution is 5.94. The van der Waals surface area contributed by atoms with E-state index in [1.807, 2.05) is 18.2 Å². The Morgan fingerprint density at radius 3 is 2.67 bits per heavy atom. The Morgan fingerprint density at radius 2 is 2.00 bits per heavy atom. The molecule has 21 heavy (non-hydrogen) atoms. The Hall–Kier alpha value is -2.56. The maximum Gasteiger partial charge on any atom is 0.256 e. The molecule has 2 aromatic carbocycles. The van der Waals surface area contributed by atoms with Gasteiger partial charge in [-0.3, -0.25) is 4.79 Å². The van der Waals surface area contributed by atoms with E-state index in [-0.39, 0.29) is 11.3 Å². The molecule has 0 spiro atoms. The molecule has 0 bridgehead atoms. The van der Waals surface area contributed by atoms with Crippen LogP contribution in [0.2, 0.25) is 0 Å². The molecule has 2 aromatic rings. The Bertz CT molecular complexity index is 658. The van der Waals surface area contributed by atoms with E-state index in [0.29, 0.717) is 12.3 Å². The fourth-order valence-corrected chi connectivity index (χ4v) is 2.04. The van der Waals surface area contributed by atoms with Gasteiger partial charge in [0.2, 0.25) is 0 Å². The highest BCUT2D eigenvalue weighted by Gasteiger charge is 2.17. The predicted molar refractivity (Wildman–Crippen MR) is 76.9 cm³/mol. The van der Waals surface area contributed by atoms with E-state index in [1.165, 1.54) is 17.0 Å². The van der Waals surface area contributed by atoms with Gasteiger partial charge in [-0.2, -0.15) is 0 Å². The van der Waals surface area contributed by atoms with Crippen LogP contribution in [0.1, 0.15) is 15.9 Å². The van der Waals surface area contributed by atoms with E-state index < -0.39 is 11.7 Å². The van der Waals surface area contributed by atoms with Gasteiger partial charge in [-0.15, -0.1) is 0 Å². The number of rotatable bonds is 4. The van der Waals surface area contributed by atoms with Crippen molar-refractivity contribution in [1.29, 1.82) is 0 Å². The highest BCUT2D eigenvalue weighted by Crippen LogP contribution is 2.21. The van der Waals surface area contributed by atoms with Crippen molar-refractivity contribution < 1.29 is 19.0 Å². The van der Waals surface area contributed by atoms with Gasteiger partial charge >= 0.3 is 0 Å². The summed E-state index contributed by atoms with van der Waals surface area (Å²) in [6, 6.07) is 10.8. The third kappa shape index (κ3) is 3.31. The molecule has 5 heteroatoms. The molecule has 0 radical (unpaired) electrons. The van der Waals surface area contributed by atoms with Crippen LogP contribution in [0.5, 0.6) is 11.5 Å². The molecule has 0 saturated heterocycles. The summed E-state index contributed by atoms with van der Waals surface area (Å²) in [7, 11) is 3.14. The van der Waals surface area contributed by atoms with Crippen LogP contribution in [0, 0.1) is 5.82 Å². The van der Waals surface area contributed by atoms with Crippen molar-refractivity contribution in [1.82, 2.24) is 4.90 Å². The summed E-state index contributed by atoms with van der Waals surface area (Å²) in [5.74, 6) is -0.745. The van der Waals surface area contributed by atoms with Gasteiger partial charge in [0.1, 0.15) is 17.3 Å². The Labute approximate surface area is 122 Å². The van der Waals surface area contributed by atoms with E-state index in [1.54, 1.807) is 20.2 Å². The molecule has 0 heterocycles. The smallest absolute Gasteiger partial charge is 0.256 e. The van der Waals surface area contributed by atoms with Crippen molar-refractivity contribution >= 4 is 5.91 Å². The van der Waals surface area contributed by atoms with Crippen molar-refractivity contribution in [3.05, 3.63) is 59.4 Å². The van der Waals surface area contributed by atoms with Crippen LogP contribution in [0.4, 0.5) is 4.39 Å². The van der Waals surface area contributed by atoms with Crippen molar-refractivity contribution in [2.75, 3.05) is 14.2 Å². The number of carbonyl (C=O) groups excluding carboxylic acids is 1. The molecular formula is C16H16FNO3. The molecule has 110 valence electrons. The van der Waals surface area contributed by atoms with Crippen LogP contribution in [0.25, 0.3) is 0 Å². The minimum atomic E-state index is -0.744. The zero-order valence-electron chi connectivity index (χ0n) is 11.8. The summed E-state index contributed by atoms with van der Waals surface area (Å²) in [5, 5.41) is 9.18. The largest absolute Gasteiger partial charge is 0.508 e. The number of hydrogen-bond donors (Lipinski definition) is 1. The van der Waals surface area contributed by atoms with Crippen LogP contribution in [-0.2, 0) is 6.54 Å². The first-order valence-corrected chi connectivity index (χ1v) is 6.39. The van der Waals surface area contributed by atoms with Gasteiger partial charge in [0, 0.05) is 25.2 Å². The lowest BCUT2D eigenvalue weighted by Crippen LogP contribution is -2.27. The SMILES string of the molecule is COc1ccccc1CN(C)C(=O)c1ccc(O)cc1F. The number of phenols is 1. The number of carbonyl (C=O) groups is 1. The van der Waals surface area contributed by atoms with Gasteiger partial charge in [0.15, 0.2) is 0 Å². The van der Waals surface area contributed by atoms with E-state index in [0.717, 1.165) is 11.6 Å². The minimum Gasteiger partial charge on any atom is -0.508 e. The molecule has 0 aliphatic rings. The van der Waals surface area contributed by atoms with Crippen LogP contribution in [-0.4, -0.2) is 30.1 Å². The van der Waals surface area contributed by atoms with E-state index in [9.17, 15) is 14.3 Å². The van der Waals surface area contributed by atoms with Gasteiger partial charge in [-0.1, -0.05) is 18.2 Å². The summed E-state index contributed by atoms with van der Waals surface area (Å²) in [4.78, 5) is 13.6. The highest BCUT2D eigenvalue weighted by atomic mass is 19.1. The number of aromatic hydroxyl groups is 1. The molecule has 0 unspecified atom stereocenters. The van der Waals surface area contributed by atoms with Crippen molar-refractivity contribution in [3.63, 3.8) is 0 Å². The number of hydrogen-bond acceptors (Lipinski definition) is 3. The molecule has 0 aliphatic heterocycles. The van der Waals surface area contributed by atoms with Crippen LogP contribution in [0.15, 0.2) is 42.5 Å². The summed E-state index contributed by atoms with van der Waals surface area (Å²) in [6.07, 6.45) is 0. The van der Waals surface area contributed by atoms with Gasteiger partial charge in [0.25, 0.3) is 5.91 Å². The third-order valence-electron chi connectivity index (χ3n) is 3.13. The lowest BCUT2D eigenvalue weighted by molar-refractivity contribution is 0.0779. The molecule has 0 saturated carbocycles. The zero-order chi connectivity index (χ0) is 15.4. The monoisotopic (exact) mass is 289 g/mol. The molecular weight excluding hydrogens is 273 g/mol. The van der Waals surface area contributed by atoms with Crippen molar-refractivity contribution in [2.45, 2.75) is 6.54 Å². The molecule has 4 nitrogen and oxygen atoms in total. The predicted octanol–water partition coefficient (Wildman–Crippen LogP) is 2.81. The standard InChI is InChI=1S/C16H16FNO3/c1-18(10-11-5-3-4-6-15(11)21-2)16(20)13-8-7-12(19)9-14(13)17/h3-9,19H,10H2,1-2H3. The first kappa shape index (κ1) is 14.8. The summed E-state index contributed by atoms with van der Waals surface area (Å²) in [5.41, 5.74) is 0.750. The summed E-state index contributed by atoms with van der Waals surface area (Å²) >= 11 is 0. The molecule has 0 fully saturated rings. The fourth-order valence-electron chi connectivity index (χ4n) is 2.04. The normalized spacial score (nSPS) is 10.2. The molecule has 0 atom stereocenters. The average molecular weight is 289 g/mol. The van der Waals surface area contributed by atoms with Crippen LogP contribution in [0.3, 0.4) is 0 Å². The Balaban J connectivity index is 2.19. The van der Waals surface area contributed by atoms with Crippen LogP contribution >= 0.6 is 0 Å². The first-order chi connectivity index (χ1) is 10.0. The second-order valence-corrected chi connectivity index (χ2v) is 4.64. The number of ether oxygens (including phenoxy) is 1. The number of phenolic OH excluding ortho intramolecular Hbond substituents is 1. The number of methoxy groups -OCH3 is 1. The van der Waals surface area contributed by atoms with Gasteiger partial charge in [-0.25, -0.2) is 4.39 Å². The molecule has 0 aliphatic carbocycles. The zero-order valence-corrected chi connectivity index (χ0v) is 11.8. The quantitative estimate of drug-likeness (QED) is 0.941. The van der Waals surface area contributed by atoms with Gasteiger partial charge in [0.05, 0.1) is 12.7 Å². The third-order valence-corrected chi connectivity index (χ3v) is 3.13. The molecule has 1 N–H and O–H groups in total. The second-order valence-electron chi connectivity index (χ2n) is 4.64. The first-order valence-electron chi connectivity index (χ1n) is 6.39. The maximum absolute atomic E-state index is 13.7. The minimum absolute atomic E-state index is 0.0785. The van der Waals surface area contributed by atoms with E-state index >= 15 is 0 Å². The average Bonchev–Trinajstić information content (AvgIpc) is 2.47. The maximum atomic E-state index is 13.7. The second kappa shape index (κ2) is 6.26. The van der Waals surface area contributed by atoms with E-state index in [4.69, 9.17) is 4.74 Å². The summed E-state index contributed by atoms with van der Waals surface area (Å²) < 4.78 is 18.9. The van der Waals surface area contributed by atoms with Crippen molar-refractivity contribution in [2.24, 2.45) is 0 Å². The fraction of sp³-hybridized carbons (Fsp3) is 0.188. The molecule has 2 rings (SSSR count). The van der Waals surface area contributed by atoms with Crippen molar-refractivity contribution in [3.8, 4) is 11.5 Å². The van der Waals surface area contributed by atoms with Gasteiger partial charge in [-0.05, 0) is 18.2 Å². The van der Waals surface area contributed by atoms with E-state index in [2.05, 4.69) is 0 Å². The lowest BCUT2D eigenvalue weighted by atomic mass is 10.1. The number of halogens is 1.